The van der Waals surface area contributed by atoms with Crippen molar-refractivity contribution in [3.63, 3.8) is 0 Å². The van der Waals surface area contributed by atoms with Crippen LogP contribution in [-0.2, 0) is 27.9 Å². The number of halogens is 1. The number of nitrogens with one attached hydrogen (secondary N) is 1. The summed E-state index contributed by atoms with van der Waals surface area (Å²) in [4.78, 5) is 12.8. The van der Waals surface area contributed by atoms with Gasteiger partial charge in [0.1, 0.15) is 5.82 Å². The summed E-state index contributed by atoms with van der Waals surface area (Å²) in [6.45, 7) is 1.23. The van der Waals surface area contributed by atoms with Gasteiger partial charge >= 0.3 is 0 Å². The minimum absolute atomic E-state index is 0.0298. The van der Waals surface area contributed by atoms with Crippen LogP contribution in [0, 0.1) is 12.7 Å². The quantitative estimate of drug-likeness (QED) is 0.473. The smallest absolute Gasteiger partial charge is 0.243 e. The minimum atomic E-state index is -4.06. The van der Waals surface area contributed by atoms with Crippen LogP contribution in [-0.4, -0.2) is 39.4 Å². The van der Waals surface area contributed by atoms with E-state index in [-0.39, 0.29) is 23.5 Å². The fraction of sp³-hybridized carbons (Fsp3) is 0.240. The molecule has 0 fully saturated rings. The second kappa shape index (κ2) is 11.1. The van der Waals surface area contributed by atoms with Crippen molar-refractivity contribution in [2.24, 2.45) is 0 Å². The van der Waals surface area contributed by atoms with Crippen LogP contribution in [0.25, 0.3) is 0 Å². The molecule has 0 radical (unpaired) electrons. The number of amides is 1. The predicted molar refractivity (Wildman–Crippen MR) is 127 cm³/mol. The van der Waals surface area contributed by atoms with Crippen LogP contribution in [0.5, 0.6) is 11.5 Å². The van der Waals surface area contributed by atoms with Gasteiger partial charge in [-0.05, 0) is 42.8 Å². The Morgan fingerprint density at radius 3 is 2.29 bits per heavy atom. The van der Waals surface area contributed by atoms with Crippen LogP contribution < -0.4 is 14.8 Å². The van der Waals surface area contributed by atoms with Crippen molar-refractivity contribution in [3.8, 4) is 11.5 Å². The van der Waals surface area contributed by atoms with Crippen molar-refractivity contribution in [2.45, 2.75) is 24.9 Å². The van der Waals surface area contributed by atoms with E-state index in [0.717, 1.165) is 15.4 Å². The van der Waals surface area contributed by atoms with Crippen molar-refractivity contribution < 1.29 is 27.1 Å². The zero-order valence-electron chi connectivity index (χ0n) is 19.2. The second-order valence-electron chi connectivity index (χ2n) is 7.64. The Balaban J connectivity index is 1.80. The molecular weight excluding hydrogens is 459 g/mol. The molecule has 3 rings (SSSR count). The van der Waals surface area contributed by atoms with Gasteiger partial charge < -0.3 is 14.8 Å². The summed E-state index contributed by atoms with van der Waals surface area (Å²) in [5.41, 5.74) is 1.81. The van der Waals surface area contributed by atoms with Crippen LogP contribution in [0.3, 0.4) is 0 Å². The molecule has 0 aliphatic heterocycles. The molecule has 0 aliphatic carbocycles. The number of sulfonamides is 1. The van der Waals surface area contributed by atoms with Crippen LogP contribution in [0.4, 0.5) is 4.39 Å². The monoisotopic (exact) mass is 486 g/mol. The van der Waals surface area contributed by atoms with E-state index in [0.29, 0.717) is 11.5 Å². The SMILES string of the molecule is COc1ccc(CNC(=O)CN(Cc2ccccc2F)S(=O)(=O)c2ccc(C)cc2)cc1OC. The van der Waals surface area contributed by atoms with Crippen molar-refractivity contribution in [1.82, 2.24) is 9.62 Å². The lowest BCUT2D eigenvalue weighted by Gasteiger charge is -2.22. The summed E-state index contributed by atoms with van der Waals surface area (Å²) < 4.78 is 52.4. The maximum absolute atomic E-state index is 14.3. The van der Waals surface area contributed by atoms with Gasteiger partial charge in [0.25, 0.3) is 0 Å². The predicted octanol–water partition coefficient (Wildman–Crippen LogP) is 3.66. The third kappa shape index (κ3) is 6.12. The number of ether oxygens (including phenoxy) is 2. The molecular formula is C25H27FN2O5S. The largest absolute Gasteiger partial charge is 0.493 e. The molecule has 3 aromatic rings. The van der Waals surface area contributed by atoms with E-state index in [2.05, 4.69) is 5.32 Å². The van der Waals surface area contributed by atoms with Gasteiger partial charge in [0.2, 0.25) is 15.9 Å². The van der Waals surface area contributed by atoms with E-state index in [9.17, 15) is 17.6 Å². The van der Waals surface area contributed by atoms with Gasteiger partial charge in [-0.1, -0.05) is 42.0 Å². The van der Waals surface area contributed by atoms with E-state index in [1.165, 1.54) is 44.6 Å². The first-order chi connectivity index (χ1) is 16.2. The third-order valence-corrected chi connectivity index (χ3v) is 7.03. The maximum atomic E-state index is 14.3. The Morgan fingerprint density at radius 2 is 1.65 bits per heavy atom. The van der Waals surface area contributed by atoms with Crippen LogP contribution in [0.15, 0.2) is 71.6 Å². The summed E-state index contributed by atoms with van der Waals surface area (Å²) in [5, 5.41) is 2.72. The summed E-state index contributed by atoms with van der Waals surface area (Å²) in [6.07, 6.45) is 0. The highest BCUT2D eigenvalue weighted by molar-refractivity contribution is 7.89. The average molecular weight is 487 g/mol. The molecule has 0 saturated heterocycles. The Bertz CT molecular complexity index is 1250. The van der Waals surface area contributed by atoms with Crippen molar-refractivity contribution in [1.29, 1.82) is 0 Å². The van der Waals surface area contributed by atoms with E-state index in [1.807, 2.05) is 6.92 Å². The molecule has 7 nitrogen and oxygen atoms in total. The van der Waals surface area contributed by atoms with Crippen molar-refractivity contribution >= 4 is 15.9 Å². The Labute approximate surface area is 199 Å². The van der Waals surface area contributed by atoms with Gasteiger partial charge in [-0.25, -0.2) is 12.8 Å². The molecule has 0 bridgehead atoms. The highest BCUT2D eigenvalue weighted by Crippen LogP contribution is 2.27. The number of aryl methyl sites for hydroxylation is 1. The molecule has 0 saturated carbocycles. The molecule has 3 aromatic carbocycles. The molecule has 0 aromatic heterocycles. The fourth-order valence-electron chi connectivity index (χ4n) is 3.31. The normalized spacial score (nSPS) is 11.3. The summed E-state index contributed by atoms with van der Waals surface area (Å²) in [7, 11) is -1.02. The molecule has 9 heteroatoms. The molecule has 1 N–H and O–H groups in total. The first-order valence-corrected chi connectivity index (χ1v) is 12.0. The van der Waals surface area contributed by atoms with Crippen LogP contribution in [0.1, 0.15) is 16.7 Å². The molecule has 180 valence electrons. The number of methoxy groups -OCH3 is 2. The highest BCUT2D eigenvalue weighted by Gasteiger charge is 2.27. The molecule has 0 heterocycles. The third-order valence-electron chi connectivity index (χ3n) is 5.22. The molecule has 0 spiro atoms. The molecule has 1 amide bonds. The maximum Gasteiger partial charge on any atom is 0.243 e. The van der Waals surface area contributed by atoms with Crippen LogP contribution in [0.2, 0.25) is 0 Å². The average Bonchev–Trinajstić information content (AvgIpc) is 2.83. The first-order valence-electron chi connectivity index (χ1n) is 10.5. The second-order valence-corrected chi connectivity index (χ2v) is 9.58. The van der Waals surface area contributed by atoms with E-state index >= 15 is 0 Å². The Morgan fingerprint density at radius 1 is 0.971 bits per heavy atom. The number of nitrogens with zero attached hydrogens (tertiary/aromatic N) is 1. The zero-order valence-corrected chi connectivity index (χ0v) is 20.1. The van der Waals surface area contributed by atoms with Crippen molar-refractivity contribution in [3.05, 3.63) is 89.2 Å². The van der Waals surface area contributed by atoms with Gasteiger partial charge in [0, 0.05) is 18.7 Å². The lowest BCUT2D eigenvalue weighted by Crippen LogP contribution is -2.40. The van der Waals surface area contributed by atoms with Gasteiger partial charge in [-0.3, -0.25) is 4.79 Å². The highest BCUT2D eigenvalue weighted by atomic mass is 32.2. The van der Waals surface area contributed by atoms with E-state index in [1.54, 1.807) is 36.4 Å². The summed E-state index contributed by atoms with van der Waals surface area (Å²) in [6, 6.07) is 17.4. The molecule has 0 unspecified atom stereocenters. The molecule has 0 atom stereocenters. The van der Waals surface area contributed by atoms with Gasteiger partial charge in [-0.15, -0.1) is 0 Å². The number of rotatable bonds is 10. The number of carbonyl (C=O) groups is 1. The van der Waals surface area contributed by atoms with E-state index < -0.39 is 28.3 Å². The van der Waals surface area contributed by atoms with Crippen LogP contribution >= 0.6 is 0 Å². The topological polar surface area (TPSA) is 84.9 Å². The number of carbonyl (C=O) groups excluding carboxylic acids is 1. The van der Waals surface area contributed by atoms with Gasteiger partial charge in [0.05, 0.1) is 25.7 Å². The van der Waals surface area contributed by atoms with E-state index in [4.69, 9.17) is 9.47 Å². The lowest BCUT2D eigenvalue weighted by atomic mass is 10.2. The Hall–Kier alpha value is -3.43. The summed E-state index contributed by atoms with van der Waals surface area (Å²) >= 11 is 0. The lowest BCUT2D eigenvalue weighted by molar-refractivity contribution is -0.121. The first kappa shape index (κ1) is 25.2. The summed E-state index contributed by atoms with van der Waals surface area (Å²) in [5.74, 6) is -0.00522. The zero-order chi connectivity index (χ0) is 24.7. The van der Waals surface area contributed by atoms with Gasteiger partial charge in [0.15, 0.2) is 11.5 Å². The minimum Gasteiger partial charge on any atom is -0.493 e. The standard InChI is InChI=1S/C25H27FN2O5S/c1-18-8-11-21(12-9-18)34(30,31)28(16-20-6-4-5-7-22(20)26)17-25(29)27-15-19-10-13-23(32-2)24(14-19)33-3/h4-14H,15-17H2,1-3H3,(H,27,29). The number of hydrogen-bond acceptors (Lipinski definition) is 5. The van der Waals surface area contributed by atoms with Crippen molar-refractivity contribution in [2.75, 3.05) is 20.8 Å². The Kier molecular flexibility index (Phi) is 8.25. The fourth-order valence-corrected chi connectivity index (χ4v) is 4.68. The number of benzene rings is 3. The molecule has 34 heavy (non-hydrogen) atoms. The molecule has 0 aliphatic rings. The number of hydrogen-bond donors (Lipinski definition) is 1. The van der Waals surface area contributed by atoms with Gasteiger partial charge in [-0.2, -0.15) is 4.31 Å².